The first-order chi connectivity index (χ1) is 6.02. The molecular formula is C10H24N2O. The van der Waals surface area contributed by atoms with Crippen LogP contribution in [0, 0.1) is 5.41 Å². The van der Waals surface area contributed by atoms with Crippen molar-refractivity contribution in [3.05, 3.63) is 0 Å². The quantitative estimate of drug-likeness (QED) is 0.617. The molecule has 0 heterocycles. The van der Waals surface area contributed by atoms with Gasteiger partial charge in [0.15, 0.2) is 0 Å². The van der Waals surface area contributed by atoms with E-state index in [0.717, 1.165) is 25.9 Å². The Morgan fingerprint density at radius 1 is 1.31 bits per heavy atom. The molecule has 0 atom stereocenters. The number of rotatable bonds is 7. The molecule has 0 spiro atoms. The van der Waals surface area contributed by atoms with Crippen LogP contribution in [-0.2, 0) is 4.84 Å². The summed E-state index contributed by atoms with van der Waals surface area (Å²) in [6, 6.07) is 0. The van der Waals surface area contributed by atoms with Gasteiger partial charge in [0, 0.05) is 13.6 Å². The second-order valence-corrected chi connectivity index (χ2v) is 4.34. The van der Waals surface area contributed by atoms with Gasteiger partial charge in [0.2, 0.25) is 0 Å². The largest absolute Gasteiger partial charge is 0.330 e. The fraction of sp³-hybridized carbons (Fsp3) is 1.00. The van der Waals surface area contributed by atoms with Crippen molar-refractivity contribution in [2.24, 2.45) is 11.1 Å². The molecule has 2 N–H and O–H groups in total. The smallest absolute Gasteiger partial charge is 0.0575 e. The summed E-state index contributed by atoms with van der Waals surface area (Å²) in [5, 5.41) is 1.86. The van der Waals surface area contributed by atoms with Gasteiger partial charge in [0.1, 0.15) is 0 Å². The molecule has 0 aliphatic heterocycles. The number of hydroxylamine groups is 2. The third-order valence-electron chi connectivity index (χ3n) is 2.46. The SMILES string of the molecule is CON(C)CCCC(C)(C)CCN. The van der Waals surface area contributed by atoms with Gasteiger partial charge in [-0.15, -0.1) is 0 Å². The van der Waals surface area contributed by atoms with Crippen molar-refractivity contribution >= 4 is 0 Å². The van der Waals surface area contributed by atoms with Crippen LogP contribution in [0.3, 0.4) is 0 Å². The lowest BCUT2D eigenvalue weighted by Crippen LogP contribution is -2.22. The molecule has 0 saturated carbocycles. The normalized spacial score (nSPS) is 12.5. The van der Waals surface area contributed by atoms with Gasteiger partial charge in [0.25, 0.3) is 0 Å². The summed E-state index contributed by atoms with van der Waals surface area (Å²) in [6.07, 6.45) is 3.47. The summed E-state index contributed by atoms with van der Waals surface area (Å²) in [5.41, 5.74) is 5.92. The van der Waals surface area contributed by atoms with Crippen molar-refractivity contribution in [3.63, 3.8) is 0 Å². The second kappa shape index (κ2) is 6.35. The Hall–Kier alpha value is -0.120. The van der Waals surface area contributed by atoms with Gasteiger partial charge >= 0.3 is 0 Å². The van der Waals surface area contributed by atoms with Gasteiger partial charge in [-0.05, 0) is 31.2 Å². The van der Waals surface area contributed by atoms with E-state index in [1.807, 2.05) is 12.1 Å². The van der Waals surface area contributed by atoms with Crippen LogP contribution in [0.1, 0.15) is 33.1 Å². The van der Waals surface area contributed by atoms with E-state index in [-0.39, 0.29) is 0 Å². The maximum atomic E-state index is 5.54. The molecule has 3 heteroatoms. The molecule has 0 rings (SSSR count). The van der Waals surface area contributed by atoms with Crippen LogP contribution in [0.5, 0.6) is 0 Å². The van der Waals surface area contributed by atoms with Crippen LogP contribution >= 0.6 is 0 Å². The van der Waals surface area contributed by atoms with Crippen molar-refractivity contribution < 1.29 is 4.84 Å². The number of nitrogens with zero attached hydrogens (tertiary/aromatic N) is 1. The van der Waals surface area contributed by atoms with Gasteiger partial charge in [-0.25, -0.2) is 0 Å². The van der Waals surface area contributed by atoms with E-state index in [1.54, 1.807) is 7.11 Å². The van der Waals surface area contributed by atoms with E-state index in [2.05, 4.69) is 13.8 Å². The topological polar surface area (TPSA) is 38.5 Å². The Bertz CT molecular complexity index is 126. The summed E-state index contributed by atoms with van der Waals surface area (Å²) in [5.74, 6) is 0. The average molecular weight is 188 g/mol. The molecule has 0 aromatic carbocycles. The summed E-state index contributed by atoms with van der Waals surface area (Å²) in [4.78, 5) is 5.03. The fourth-order valence-corrected chi connectivity index (χ4v) is 1.39. The Morgan fingerprint density at radius 3 is 2.38 bits per heavy atom. The Morgan fingerprint density at radius 2 is 1.92 bits per heavy atom. The highest BCUT2D eigenvalue weighted by atomic mass is 16.7. The zero-order chi connectivity index (χ0) is 10.3. The van der Waals surface area contributed by atoms with Crippen molar-refractivity contribution in [1.29, 1.82) is 0 Å². The fourth-order valence-electron chi connectivity index (χ4n) is 1.39. The van der Waals surface area contributed by atoms with E-state index in [1.165, 1.54) is 6.42 Å². The molecule has 13 heavy (non-hydrogen) atoms. The number of nitrogens with two attached hydrogens (primary N) is 1. The molecular weight excluding hydrogens is 164 g/mol. The molecule has 0 aromatic heterocycles. The maximum Gasteiger partial charge on any atom is 0.0575 e. The highest BCUT2D eigenvalue weighted by Crippen LogP contribution is 2.25. The number of hydrogen-bond acceptors (Lipinski definition) is 3. The lowest BCUT2D eigenvalue weighted by Gasteiger charge is -2.24. The molecule has 0 aliphatic carbocycles. The first-order valence-electron chi connectivity index (χ1n) is 4.97. The molecule has 0 unspecified atom stereocenters. The Balaban J connectivity index is 3.50. The minimum atomic E-state index is 0.378. The molecule has 0 radical (unpaired) electrons. The summed E-state index contributed by atoms with van der Waals surface area (Å²) in [6.45, 7) is 6.32. The Kier molecular flexibility index (Phi) is 6.29. The van der Waals surface area contributed by atoms with E-state index >= 15 is 0 Å². The highest BCUT2D eigenvalue weighted by Gasteiger charge is 2.16. The minimum absolute atomic E-state index is 0.378. The van der Waals surface area contributed by atoms with Crippen molar-refractivity contribution in [2.75, 3.05) is 27.2 Å². The van der Waals surface area contributed by atoms with Gasteiger partial charge in [-0.3, -0.25) is 0 Å². The second-order valence-electron chi connectivity index (χ2n) is 4.34. The van der Waals surface area contributed by atoms with E-state index in [9.17, 15) is 0 Å². The highest BCUT2D eigenvalue weighted by molar-refractivity contribution is 4.68. The molecule has 0 aromatic rings. The van der Waals surface area contributed by atoms with Crippen LogP contribution in [0.2, 0.25) is 0 Å². The minimum Gasteiger partial charge on any atom is -0.330 e. The van der Waals surface area contributed by atoms with Crippen molar-refractivity contribution in [1.82, 2.24) is 5.06 Å². The molecule has 80 valence electrons. The monoisotopic (exact) mass is 188 g/mol. The molecule has 0 fully saturated rings. The van der Waals surface area contributed by atoms with Crippen LogP contribution in [0.15, 0.2) is 0 Å². The van der Waals surface area contributed by atoms with E-state index in [4.69, 9.17) is 10.6 Å². The average Bonchev–Trinajstić information content (AvgIpc) is 2.03. The van der Waals surface area contributed by atoms with Crippen LogP contribution < -0.4 is 5.73 Å². The third kappa shape index (κ3) is 6.99. The number of hydrogen-bond donors (Lipinski definition) is 1. The molecule has 3 nitrogen and oxygen atoms in total. The zero-order valence-electron chi connectivity index (χ0n) is 9.47. The lowest BCUT2D eigenvalue weighted by atomic mass is 9.84. The van der Waals surface area contributed by atoms with Crippen LogP contribution in [0.25, 0.3) is 0 Å². The summed E-state index contributed by atoms with van der Waals surface area (Å²) in [7, 11) is 3.65. The van der Waals surface area contributed by atoms with Crippen molar-refractivity contribution in [3.8, 4) is 0 Å². The summed E-state index contributed by atoms with van der Waals surface area (Å²) < 4.78 is 0. The molecule has 0 aliphatic rings. The predicted molar refractivity (Wildman–Crippen MR) is 56.3 cm³/mol. The van der Waals surface area contributed by atoms with E-state index in [0.29, 0.717) is 5.41 Å². The van der Waals surface area contributed by atoms with E-state index < -0.39 is 0 Å². The molecule has 0 saturated heterocycles. The van der Waals surface area contributed by atoms with Gasteiger partial charge in [-0.2, -0.15) is 5.06 Å². The lowest BCUT2D eigenvalue weighted by molar-refractivity contribution is -0.110. The van der Waals surface area contributed by atoms with Gasteiger partial charge in [-0.1, -0.05) is 13.8 Å². The molecule has 0 amide bonds. The summed E-state index contributed by atoms with van der Waals surface area (Å²) >= 11 is 0. The third-order valence-corrected chi connectivity index (χ3v) is 2.46. The Labute approximate surface area is 82.2 Å². The van der Waals surface area contributed by atoms with Crippen LogP contribution in [-0.4, -0.2) is 32.3 Å². The first-order valence-corrected chi connectivity index (χ1v) is 4.97. The first kappa shape index (κ1) is 12.9. The van der Waals surface area contributed by atoms with Crippen molar-refractivity contribution in [2.45, 2.75) is 33.1 Å². The van der Waals surface area contributed by atoms with Crippen LogP contribution in [0.4, 0.5) is 0 Å². The van der Waals surface area contributed by atoms with Gasteiger partial charge in [0.05, 0.1) is 7.11 Å². The predicted octanol–water partition coefficient (Wildman–Crippen LogP) is 1.63. The standard InChI is InChI=1S/C10H24N2O/c1-10(2,7-8-11)6-5-9-12(3)13-4/h5-9,11H2,1-4H3. The zero-order valence-corrected chi connectivity index (χ0v) is 9.47. The maximum absolute atomic E-state index is 5.54. The van der Waals surface area contributed by atoms with Gasteiger partial charge < -0.3 is 10.6 Å². The molecule has 0 bridgehead atoms.